The second-order valence-electron chi connectivity index (χ2n) is 7.63. The lowest BCUT2D eigenvalue weighted by Crippen LogP contribution is -2.50. The van der Waals surface area contributed by atoms with Crippen LogP contribution in [-0.4, -0.2) is 68.2 Å². The van der Waals surface area contributed by atoms with Crippen LogP contribution in [0.5, 0.6) is 5.75 Å². The molecule has 0 radical (unpaired) electrons. The molecular formula is C23H25ClN2O4S. The highest BCUT2D eigenvalue weighted by Gasteiger charge is 2.29. The maximum Gasteiger partial charge on any atom is 0.243 e. The number of hydrogen-bond acceptors (Lipinski definition) is 5. The van der Waals surface area contributed by atoms with E-state index in [1.807, 2.05) is 42.5 Å². The number of nitrogens with zero attached hydrogens (tertiary/aromatic N) is 2. The first-order chi connectivity index (χ1) is 14.9. The number of hydrogen-bond donors (Lipinski definition) is 1. The summed E-state index contributed by atoms with van der Waals surface area (Å²) in [6.07, 6.45) is -0.661. The average Bonchev–Trinajstić information content (AvgIpc) is 2.78. The minimum absolute atomic E-state index is 0.182. The molecule has 1 atom stereocenters. The van der Waals surface area contributed by atoms with Gasteiger partial charge >= 0.3 is 0 Å². The van der Waals surface area contributed by atoms with Crippen molar-refractivity contribution in [3.05, 3.63) is 71.8 Å². The van der Waals surface area contributed by atoms with Gasteiger partial charge in [0.2, 0.25) is 10.0 Å². The molecule has 1 saturated heterocycles. The van der Waals surface area contributed by atoms with Gasteiger partial charge in [-0.25, -0.2) is 8.42 Å². The van der Waals surface area contributed by atoms with Crippen molar-refractivity contribution >= 4 is 32.4 Å². The highest BCUT2D eigenvalue weighted by atomic mass is 35.5. The second-order valence-corrected chi connectivity index (χ2v) is 10.0. The van der Waals surface area contributed by atoms with E-state index in [0.29, 0.717) is 37.7 Å². The van der Waals surface area contributed by atoms with Crippen LogP contribution >= 0.6 is 11.6 Å². The molecular weight excluding hydrogens is 436 g/mol. The van der Waals surface area contributed by atoms with Gasteiger partial charge in [-0.3, -0.25) is 4.90 Å². The minimum Gasteiger partial charge on any atom is -0.491 e. The molecule has 1 fully saturated rings. The zero-order valence-electron chi connectivity index (χ0n) is 17.0. The monoisotopic (exact) mass is 460 g/mol. The van der Waals surface area contributed by atoms with Gasteiger partial charge in [-0.05, 0) is 47.2 Å². The van der Waals surface area contributed by atoms with E-state index in [1.165, 1.54) is 16.4 Å². The van der Waals surface area contributed by atoms with Crippen molar-refractivity contribution < 1.29 is 18.3 Å². The second kappa shape index (κ2) is 9.54. The maximum atomic E-state index is 12.8. The van der Waals surface area contributed by atoms with Crippen LogP contribution in [0.2, 0.25) is 5.02 Å². The van der Waals surface area contributed by atoms with Crippen molar-refractivity contribution in [3.63, 3.8) is 0 Å². The summed E-state index contributed by atoms with van der Waals surface area (Å²) in [4.78, 5) is 2.30. The summed E-state index contributed by atoms with van der Waals surface area (Å²) >= 11 is 5.86. The molecule has 31 heavy (non-hydrogen) atoms. The van der Waals surface area contributed by atoms with Gasteiger partial charge in [0.05, 0.1) is 4.90 Å². The topological polar surface area (TPSA) is 70.1 Å². The number of ether oxygens (including phenoxy) is 1. The number of benzene rings is 3. The lowest BCUT2D eigenvalue weighted by Gasteiger charge is -2.34. The summed E-state index contributed by atoms with van der Waals surface area (Å²) in [7, 11) is -3.53. The van der Waals surface area contributed by atoms with Crippen LogP contribution in [0.3, 0.4) is 0 Å². The predicted molar refractivity (Wildman–Crippen MR) is 122 cm³/mol. The fourth-order valence-corrected chi connectivity index (χ4v) is 5.26. The van der Waals surface area contributed by atoms with Gasteiger partial charge in [-0.15, -0.1) is 0 Å². The fourth-order valence-electron chi connectivity index (χ4n) is 3.71. The number of fused-ring (bicyclic) bond motifs is 1. The molecule has 0 aromatic heterocycles. The standard InChI is InChI=1S/C23H25ClN2O4S/c24-20-6-9-23(10-7-20)31(28,29)26-13-11-25(12-14-26)16-21(27)17-30-22-8-5-18-3-1-2-4-19(18)15-22/h1-10,15,21,27H,11-14,16-17H2. The summed E-state index contributed by atoms with van der Waals surface area (Å²) < 4.78 is 32.8. The Morgan fingerprint density at radius 1 is 0.935 bits per heavy atom. The van der Waals surface area contributed by atoms with E-state index < -0.39 is 16.1 Å². The molecule has 1 aliphatic rings. The Hall–Kier alpha value is -2.16. The van der Waals surface area contributed by atoms with E-state index in [0.717, 1.165) is 16.5 Å². The van der Waals surface area contributed by atoms with E-state index in [-0.39, 0.29) is 11.5 Å². The van der Waals surface area contributed by atoms with Crippen molar-refractivity contribution in [2.45, 2.75) is 11.0 Å². The van der Waals surface area contributed by atoms with Crippen molar-refractivity contribution in [1.29, 1.82) is 0 Å². The Morgan fingerprint density at radius 3 is 2.32 bits per heavy atom. The Bertz CT molecular complexity index is 1130. The third-order valence-corrected chi connectivity index (χ3v) is 7.58. The lowest BCUT2D eigenvalue weighted by atomic mass is 10.1. The number of rotatable bonds is 7. The number of aliphatic hydroxyl groups is 1. The van der Waals surface area contributed by atoms with E-state index >= 15 is 0 Å². The SMILES string of the molecule is O=S(=O)(c1ccc(Cl)cc1)N1CCN(CC(O)COc2ccc3ccccc3c2)CC1. The highest BCUT2D eigenvalue weighted by molar-refractivity contribution is 7.89. The van der Waals surface area contributed by atoms with Gasteiger partial charge in [0.15, 0.2) is 0 Å². The van der Waals surface area contributed by atoms with Crippen LogP contribution in [-0.2, 0) is 10.0 Å². The zero-order chi connectivity index (χ0) is 21.8. The summed E-state index contributed by atoms with van der Waals surface area (Å²) in [5.74, 6) is 0.719. The molecule has 0 aliphatic carbocycles. The Morgan fingerprint density at radius 2 is 1.61 bits per heavy atom. The molecule has 0 saturated carbocycles. The van der Waals surface area contributed by atoms with Gasteiger partial charge in [0, 0.05) is 37.7 Å². The number of β-amino-alcohol motifs (C(OH)–C–C–N with tert-alkyl or cyclic N) is 1. The molecule has 1 heterocycles. The van der Waals surface area contributed by atoms with Gasteiger partial charge in [0.25, 0.3) is 0 Å². The Labute approximate surface area is 187 Å². The molecule has 1 unspecified atom stereocenters. The molecule has 3 aromatic rings. The van der Waals surface area contributed by atoms with Crippen molar-refractivity contribution in [2.24, 2.45) is 0 Å². The highest BCUT2D eigenvalue weighted by Crippen LogP contribution is 2.22. The van der Waals surface area contributed by atoms with Crippen molar-refractivity contribution in [3.8, 4) is 5.75 Å². The van der Waals surface area contributed by atoms with Crippen LogP contribution in [0.25, 0.3) is 10.8 Å². The third-order valence-electron chi connectivity index (χ3n) is 5.41. The molecule has 164 valence electrons. The summed E-state index contributed by atoms with van der Waals surface area (Å²) in [6.45, 7) is 2.48. The van der Waals surface area contributed by atoms with E-state index in [1.54, 1.807) is 12.1 Å². The largest absolute Gasteiger partial charge is 0.491 e. The Balaban J connectivity index is 1.26. The molecule has 4 rings (SSSR count). The first-order valence-electron chi connectivity index (χ1n) is 10.2. The number of halogens is 1. The van der Waals surface area contributed by atoms with Crippen molar-refractivity contribution in [2.75, 3.05) is 39.3 Å². The molecule has 3 aromatic carbocycles. The quantitative estimate of drug-likeness (QED) is 0.586. The van der Waals surface area contributed by atoms with Gasteiger partial charge in [-0.2, -0.15) is 4.31 Å². The van der Waals surface area contributed by atoms with E-state index in [4.69, 9.17) is 16.3 Å². The van der Waals surface area contributed by atoms with Crippen LogP contribution in [0, 0.1) is 0 Å². The maximum absolute atomic E-state index is 12.8. The summed E-state index contributed by atoms with van der Waals surface area (Å²) in [5.41, 5.74) is 0. The predicted octanol–water partition coefficient (Wildman–Crippen LogP) is 3.24. The molecule has 6 nitrogen and oxygen atoms in total. The first-order valence-corrected chi connectivity index (χ1v) is 12.0. The number of aliphatic hydroxyl groups excluding tert-OH is 1. The summed E-state index contributed by atoms with van der Waals surface area (Å²) in [6, 6.07) is 20.1. The normalized spacial score (nSPS) is 17.0. The third kappa shape index (κ3) is 5.37. The van der Waals surface area contributed by atoms with Crippen LogP contribution in [0.4, 0.5) is 0 Å². The fraction of sp³-hybridized carbons (Fsp3) is 0.304. The van der Waals surface area contributed by atoms with Crippen molar-refractivity contribution in [1.82, 2.24) is 9.21 Å². The minimum atomic E-state index is -3.53. The van der Waals surface area contributed by atoms with E-state index in [9.17, 15) is 13.5 Å². The van der Waals surface area contributed by atoms with Gasteiger partial charge in [0.1, 0.15) is 18.5 Å². The molecule has 0 amide bonds. The molecule has 0 bridgehead atoms. The smallest absolute Gasteiger partial charge is 0.243 e. The van der Waals surface area contributed by atoms with Gasteiger partial charge < -0.3 is 9.84 Å². The first kappa shape index (κ1) is 22.0. The van der Waals surface area contributed by atoms with Gasteiger partial charge in [-0.1, -0.05) is 41.9 Å². The molecule has 1 N–H and O–H groups in total. The Kier molecular flexibility index (Phi) is 6.79. The average molecular weight is 461 g/mol. The van der Waals surface area contributed by atoms with Crippen LogP contribution in [0.1, 0.15) is 0 Å². The van der Waals surface area contributed by atoms with Crippen LogP contribution < -0.4 is 4.74 Å². The molecule has 1 aliphatic heterocycles. The molecule has 8 heteroatoms. The molecule has 0 spiro atoms. The van der Waals surface area contributed by atoms with E-state index in [2.05, 4.69) is 4.90 Å². The zero-order valence-corrected chi connectivity index (χ0v) is 18.6. The summed E-state index contributed by atoms with van der Waals surface area (Å²) in [5, 5.41) is 13.1. The van der Waals surface area contributed by atoms with Crippen LogP contribution in [0.15, 0.2) is 71.6 Å². The number of sulfonamides is 1. The number of piperazine rings is 1. The lowest BCUT2D eigenvalue weighted by molar-refractivity contribution is 0.0569.